The normalized spacial score (nSPS) is 10.7. The average Bonchev–Trinajstić information content (AvgIpc) is 3.23. The molecule has 5 aromatic carbocycles. The number of nitriles is 1. The summed E-state index contributed by atoms with van der Waals surface area (Å²) in [6.07, 6.45) is 10.1. The maximum absolute atomic E-state index is 12.6. The van der Waals surface area contributed by atoms with Gasteiger partial charge < -0.3 is 18.9 Å². The number of nitro benzene ring substituents is 1. The maximum Gasteiger partial charge on any atom is 0.338 e. The zero-order chi connectivity index (χ0) is 38.5. The van der Waals surface area contributed by atoms with Gasteiger partial charge >= 0.3 is 5.97 Å². The summed E-state index contributed by atoms with van der Waals surface area (Å²) in [7, 11) is 0. The number of nitro groups is 1. The van der Waals surface area contributed by atoms with Crippen LogP contribution in [0.25, 0.3) is 22.3 Å². The highest BCUT2D eigenvalue weighted by atomic mass is 16.6. The van der Waals surface area contributed by atoms with E-state index in [1.165, 1.54) is 12.1 Å². The van der Waals surface area contributed by atoms with Gasteiger partial charge in [-0.25, -0.2) is 4.79 Å². The van der Waals surface area contributed by atoms with Crippen LogP contribution in [0.4, 0.5) is 5.69 Å². The van der Waals surface area contributed by atoms with Gasteiger partial charge in [-0.05, 0) is 121 Å². The van der Waals surface area contributed by atoms with Crippen LogP contribution in [0.15, 0.2) is 121 Å². The summed E-state index contributed by atoms with van der Waals surface area (Å²) >= 11 is 0. The molecule has 0 saturated heterocycles. The summed E-state index contributed by atoms with van der Waals surface area (Å²) in [5.74, 6) is 2.02. The molecule has 0 unspecified atom stereocenters. The van der Waals surface area contributed by atoms with Gasteiger partial charge in [-0.3, -0.25) is 10.1 Å². The number of carbonyl (C=O) groups excluding carboxylic acids is 1. The zero-order valence-electron chi connectivity index (χ0n) is 31.2. The molecule has 0 heterocycles. The van der Waals surface area contributed by atoms with Crippen LogP contribution in [0.3, 0.4) is 0 Å². The largest absolute Gasteiger partial charge is 0.494 e. The van der Waals surface area contributed by atoms with Crippen LogP contribution in [-0.4, -0.2) is 37.3 Å². The van der Waals surface area contributed by atoms with Crippen molar-refractivity contribution in [2.75, 3.05) is 26.4 Å². The molecule has 5 rings (SSSR count). The first-order valence-electron chi connectivity index (χ1n) is 19.1. The smallest absolute Gasteiger partial charge is 0.338 e. The van der Waals surface area contributed by atoms with Crippen molar-refractivity contribution < 1.29 is 28.7 Å². The van der Waals surface area contributed by atoms with Crippen LogP contribution in [0.2, 0.25) is 0 Å². The van der Waals surface area contributed by atoms with E-state index in [9.17, 15) is 14.9 Å². The third-order valence-corrected chi connectivity index (χ3v) is 9.17. The van der Waals surface area contributed by atoms with Gasteiger partial charge in [0.25, 0.3) is 5.69 Å². The molecule has 55 heavy (non-hydrogen) atoms. The van der Waals surface area contributed by atoms with E-state index in [2.05, 4.69) is 6.07 Å². The minimum Gasteiger partial charge on any atom is -0.494 e. The number of unbranched alkanes of at least 4 members (excludes halogenated alkanes) is 8. The first kappa shape index (κ1) is 40.1. The number of esters is 1. The fourth-order valence-electron chi connectivity index (χ4n) is 5.97. The van der Waals surface area contributed by atoms with Crippen molar-refractivity contribution in [3.05, 3.63) is 143 Å². The lowest BCUT2D eigenvalue weighted by atomic mass is 10.0. The van der Waals surface area contributed by atoms with E-state index in [0.717, 1.165) is 98.0 Å². The fraction of sp³-hybridized carbons (Fsp3) is 0.304. The third-order valence-electron chi connectivity index (χ3n) is 9.17. The molecular weight excluding hydrogens is 693 g/mol. The summed E-state index contributed by atoms with van der Waals surface area (Å²) in [5, 5.41) is 19.7. The van der Waals surface area contributed by atoms with Crippen LogP contribution in [-0.2, 0) is 4.74 Å². The SMILES string of the molecule is N#Cc1ccc(-c2ccc(OCCCCCCOC(=O)c3ccc(-c4ccc(OCCCCCCCCOc5ccc([N+](=O)[O-])cc5)cc4)cc3)cc2)cc1. The Balaban J connectivity index is 0.867. The Kier molecular flexibility index (Phi) is 16.1. The molecule has 0 aliphatic rings. The highest BCUT2D eigenvalue weighted by molar-refractivity contribution is 5.90. The van der Waals surface area contributed by atoms with E-state index in [1.54, 1.807) is 12.1 Å². The van der Waals surface area contributed by atoms with E-state index in [-0.39, 0.29) is 11.7 Å². The van der Waals surface area contributed by atoms with Gasteiger partial charge in [0.15, 0.2) is 0 Å². The molecule has 0 N–H and O–H groups in total. The Bertz CT molecular complexity index is 1940. The van der Waals surface area contributed by atoms with Crippen molar-refractivity contribution in [1.29, 1.82) is 5.26 Å². The number of carbonyl (C=O) groups is 1. The molecule has 0 atom stereocenters. The molecule has 5 aromatic rings. The van der Waals surface area contributed by atoms with Gasteiger partial charge in [0, 0.05) is 12.1 Å². The molecule has 9 heteroatoms. The van der Waals surface area contributed by atoms with Gasteiger partial charge in [0.1, 0.15) is 17.2 Å². The van der Waals surface area contributed by atoms with E-state index in [4.69, 9.17) is 24.2 Å². The summed E-state index contributed by atoms with van der Waals surface area (Å²) in [5.41, 5.74) is 5.47. The van der Waals surface area contributed by atoms with Gasteiger partial charge in [-0.2, -0.15) is 5.26 Å². The molecule has 0 radical (unpaired) electrons. The first-order valence-corrected chi connectivity index (χ1v) is 19.1. The van der Waals surface area contributed by atoms with Crippen molar-refractivity contribution in [1.82, 2.24) is 0 Å². The number of non-ortho nitro benzene ring substituents is 1. The van der Waals surface area contributed by atoms with Crippen LogP contribution in [0, 0.1) is 21.4 Å². The molecule has 0 bridgehead atoms. The second kappa shape index (κ2) is 22.2. The fourth-order valence-corrected chi connectivity index (χ4v) is 5.97. The van der Waals surface area contributed by atoms with Crippen LogP contribution in [0.1, 0.15) is 80.1 Å². The van der Waals surface area contributed by atoms with Crippen LogP contribution >= 0.6 is 0 Å². The third kappa shape index (κ3) is 13.7. The Morgan fingerprint density at radius 1 is 0.491 bits per heavy atom. The van der Waals surface area contributed by atoms with Crippen molar-refractivity contribution in [2.45, 2.75) is 64.2 Å². The number of hydrogen-bond acceptors (Lipinski definition) is 8. The molecular formula is C46H48N2O7. The Hall–Kier alpha value is -6.14. The van der Waals surface area contributed by atoms with Gasteiger partial charge in [0.2, 0.25) is 0 Å². The second-order valence-electron chi connectivity index (χ2n) is 13.3. The van der Waals surface area contributed by atoms with Crippen molar-refractivity contribution >= 4 is 11.7 Å². The summed E-state index contributed by atoms with van der Waals surface area (Å²) < 4.78 is 23.0. The van der Waals surface area contributed by atoms with E-state index >= 15 is 0 Å². The van der Waals surface area contributed by atoms with E-state index < -0.39 is 4.92 Å². The number of ether oxygens (including phenoxy) is 4. The van der Waals surface area contributed by atoms with E-state index in [0.29, 0.717) is 43.3 Å². The first-order chi connectivity index (χ1) is 27.0. The van der Waals surface area contributed by atoms with Gasteiger partial charge in [-0.1, -0.05) is 74.2 Å². The lowest BCUT2D eigenvalue weighted by Crippen LogP contribution is -2.06. The molecule has 9 nitrogen and oxygen atoms in total. The van der Waals surface area contributed by atoms with Crippen molar-refractivity contribution in [3.63, 3.8) is 0 Å². The summed E-state index contributed by atoms with van der Waals surface area (Å²) in [4.78, 5) is 22.9. The molecule has 0 spiro atoms. The average molecular weight is 741 g/mol. The van der Waals surface area contributed by atoms with Crippen molar-refractivity contribution in [2.24, 2.45) is 0 Å². The zero-order valence-corrected chi connectivity index (χ0v) is 31.2. The van der Waals surface area contributed by atoms with Gasteiger partial charge in [0.05, 0.1) is 48.5 Å². The summed E-state index contributed by atoms with van der Waals surface area (Å²) in [6.45, 7) is 2.30. The van der Waals surface area contributed by atoms with Crippen molar-refractivity contribution in [3.8, 4) is 45.6 Å². The van der Waals surface area contributed by atoms with Crippen LogP contribution < -0.4 is 14.2 Å². The molecule has 0 saturated carbocycles. The number of rotatable bonds is 23. The van der Waals surface area contributed by atoms with E-state index in [1.807, 2.05) is 97.1 Å². The minimum atomic E-state index is -0.415. The maximum atomic E-state index is 12.6. The Labute approximate surface area is 323 Å². The molecule has 0 amide bonds. The highest BCUT2D eigenvalue weighted by Gasteiger charge is 2.09. The standard InChI is InChI=1S/C46H48N2O7/c47-35-36-11-13-37(14-12-36)39-19-25-43(26-20-39)53-33-9-5-6-10-34-55-46(49)41-17-15-38(16-18-41)40-21-27-44(28-22-40)52-31-7-3-1-2-4-8-32-54-45-29-23-42(24-30-45)48(50)51/h11-30H,1-10,31-34H2. The van der Waals surface area contributed by atoms with Crippen LogP contribution in [0.5, 0.6) is 17.2 Å². The molecule has 284 valence electrons. The monoisotopic (exact) mass is 740 g/mol. The molecule has 0 aliphatic heterocycles. The molecule has 0 aromatic heterocycles. The lowest BCUT2D eigenvalue weighted by molar-refractivity contribution is -0.384. The molecule has 0 aliphatic carbocycles. The lowest BCUT2D eigenvalue weighted by Gasteiger charge is -2.09. The topological polar surface area (TPSA) is 121 Å². The quantitative estimate of drug-likeness (QED) is 0.0281. The van der Waals surface area contributed by atoms with Gasteiger partial charge in [-0.15, -0.1) is 0 Å². The molecule has 0 fully saturated rings. The summed E-state index contributed by atoms with van der Waals surface area (Å²) in [6, 6.07) is 39.3. The Morgan fingerprint density at radius 3 is 1.24 bits per heavy atom. The Morgan fingerprint density at radius 2 is 0.836 bits per heavy atom. The predicted molar refractivity (Wildman–Crippen MR) is 215 cm³/mol. The minimum absolute atomic E-state index is 0.0663. The second-order valence-corrected chi connectivity index (χ2v) is 13.3. The number of hydrogen-bond donors (Lipinski definition) is 0. The highest BCUT2D eigenvalue weighted by Crippen LogP contribution is 2.25. The number of benzene rings is 5. The number of nitrogens with zero attached hydrogens (tertiary/aromatic N) is 2. The predicted octanol–water partition coefficient (Wildman–Crippen LogP) is 11.4.